The molecule has 2 aromatic heterocycles. The Bertz CT molecular complexity index is 953. The maximum Gasteiger partial charge on any atom is 0.253 e. The normalized spacial score (nSPS) is 15.2. The second-order valence-corrected chi connectivity index (χ2v) is 7.20. The molecule has 3 heterocycles. The van der Waals surface area contributed by atoms with Gasteiger partial charge < -0.3 is 9.80 Å². The van der Waals surface area contributed by atoms with E-state index in [0.29, 0.717) is 18.1 Å². The molecule has 1 fully saturated rings. The average molecular weight is 384 g/mol. The summed E-state index contributed by atoms with van der Waals surface area (Å²) in [5, 5.41) is 9.19. The second-order valence-electron chi connectivity index (χ2n) is 6.76. The lowest BCUT2D eigenvalue weighted by atomic mass is 10.1. The van der Waals surface area contributed by atoms with E-state index >= 15 is 0 Å². The minimum absolute atomic E-state index is 0.0913. The van der Waals surface area contributed by atoms with Gasteiger partial charge in [0.05, 0.1) is 5.02 Å². The van der Waals surface area contributed by atoms with Gasteiger partial charge in [-0.25, -0.2) is 0 Å². The molecular formula is C20H22ClN5O. The minimum atomic E-state index is 0.0913. The number of nitrogens with zero attached hydrogens (tertiary/aromatic N) is 5. The van der Waals surface area contributed by atoms with Crippen molar-refractivity contribution in [3.63, 3.8) is 0 Å². The number of aryl methyl sites for hydroxylation is 1. The van der Waals surface area contributed by atoms with Crippen LogP contribution in [-0.4, -0.2) is 51.6 Å². The Kier molecular flexibility index (Phi) is 4.99. The lowest BCUT2D eigenvalue weighted by Crippen LogP contribution is -2.35. The quantitative estimate of drug-likeness (QED) is 0.696. The van der Waals surface area contributed by atoms with Crippen molar-refractivity contribution in [2.45, 2.75) is 19.8 Å². The molecule has 27 heavy (non-hydrogen) atoms. The number of aromatic nitrogens is 3. The molecule has 0 spiro atoms. The Morgan fingerprint density at radius 3 is 2.63 bits per heavy atom. The van der Waals surface area contributed by atoms with Crippen LogP contribution in [0.5, 0.6) is 0 Å². The van der Waals surface area contributed by atoms with Crippen LogP contribution in [0.2, 0.25) is 5.02 Å². The van der Waals surface area contributed by atoms with E-state index in [1.165, 1.54) is 5.56 Å². The maximum absolute atomic E-state index is 12.9. The van der Waals surface area contributed by atoms with Gasteiger partial charge in [-0.2, -0.15) is 0 Å². The third-order valence-electron chi connectivity index (χ3n) is 5.02. The second kappa shape index (κ2) is 7.56. The van der Waals surface area contributed by atoms with Gasteiger partial charge in [0.1, 0.15) is 0 Å². The first-order valence-electron chi connectivity index (χ1n) is 9.29. The molecule has 1 amide bonds. The number of amides is 1. The van der Waals surface area contributed by atoms with Gasteiger partial charge in [-0.05, 0) is 42.7 Å². The number of hydrogen-bond acceptors (Lipinski definition) is 4. The van der Waals surface area contributed by atoms with Crippen molar-refractivity contribution < 1.29 is 4.79 Å². The number of hydrogen-bond donors (Lipinski definition) is 0. The number of halogens is 1. The predicted molar refractivity (Wildman–Crippen MR) is 107 cm³/mol. The Morgan fingerprint density at radius 1 is 1.04 bits per heavy atom. The fraction of sp³-hybridized carbons (Fsp3) is 0.350. The number of pyridine rings is 1. The average Bonchev–Trinajstić information content (AvgIpc) is 2.95. The van der Waals surface area contributed by atoms with E-state index in [1.54, 1.807) is 0 Å². The van der Waals surface area contributed by atoms with Crippen LogP contribution in [0, 0.1) is 0 Å². The summed E-state index contributed by atoms with van der Waals surface area (Å²) in [4.78, 5) is 17.0. The van der Waals surface area contributed by atoms with Gasteiger partial charge in [0.25, 0.3) is 5.91 Å². The lowest BCUT2D eigenvalue weighted by molar-refractivity contribution is 0.0767. The fourth-order valence-electron chi connectivity index (χ4n) is 3.45. The van der Waals surface area contributed by atoms with Gasteiger partial charge in [-0.1, -0.05) is 30.7 Å². The van der Waals surface area contributed by atoms with Gasteiger partial charge >= 0.3 is 0 Å². The van der Waals surface area contributed by atoms with Crippen LogP contribution < -0.4 is 4.90 Å². The van der Waals surface area contributed by atoms with E-state index in [9.17, 15) is 4.79 Å². The zero-order chi connectivity index (χ0) is 18.8. The molecule has 1 aromatic carbocycles. The lowest BCUT2D eigenvalue weighted by Gasteiger charge is -2.22. The van der Waals surface area contributed by atoms with Crippen LogP contribution >= 0.6 is 11.6 Å². The summed E-state index contributed by atoms with van der Waals surface area (Å²) in [5.74, 6) is 0.864. The molecule has 140 valence electrons. The van der Waals surface area contributed by atoms with Gasteiger partial charge in [-0.3, -0.25) is 9.20 Å². The third-order valence-corrected chi connectivity index (χ3v) is 5.25. The Morgan fingerprint density at radius 2 is 1.85 bits per heavy atom. The third kappa shape index (κ3) is 3.62. The smallest absolute Gasteiger partial charge is 0.253 e. The van der Waals surface area contributed by atoms with Crippen molar-refractivity contribution in [2.24, 2.45) is 0 Å². The predicted octanol–water partition coefficient (Wildman–Crippen LogP) is 3.30. The van der Waals surface area contributed by atoms with Crippen molar-refractivity contribution in [1.82, 2.24) is 19.5 Å². The molecule has 0 atom stereocenters. The molecule has 1 saturated heterocycles. The fourth-order valence-corrected chi connectivity index (χ4v) is 3.62. The Labute approximate surface area is 163 Å². The van der Waals surface area contributed by atoms with Crippen molar-refractivity contribution in [1.29, 1.82) is 0 Å². The van der Waals surface area contributed by atoms with Crippen LogP contribution in [0.3, 0.4) is 0 Å². The summed E-state index contributed by atoms with van der Waals surface area (Å²) >= 11 is 6.13. The Hall–Kier alpha value is -2.60. The monoisotopic (exact) mass is 383 g/mol. The molecule has 1 aliphatic rings. The molecule has 3 aromatic rings. The van der Waals surface area contributed by atoms with Gasteiger partial charge in [-0.15, -0.1) is 10.2 Å². The highest BCUT2D eigenvalue weighted by atomic mass is 35.5. The molecular weight excluding hydrogens is 362 g/mol. The standard InChI is InChI=1S/C20H22ClN5O/c1-2-15-4-6-16(7-5-15)19(27)24-10-3-11-25(13-12-24)20-23-22-18-9-8-17(21)14-26(18)20/h4-9,14H,2-3,10-13H2,1H3. The molecule has 1 aliphatic heterocycles. The first kappa shape index (κ1) is 17.8. The van der Waals surface area contributed by atoms with Crippen molar-refractivity contribution >= 4 is 29.1 Å². The van der Waals surface area contributed by atoms with Gasteiger partial charge in [0, 0.05) is 37.9 Å². The summed E-state index contributed by atoms with van der Waals surface area (Å²) < 4.78 is 1.91. The zero-order valence-electron chi connectivity index (χ0n) is 15.3. The zero-order valence-corrected chi connectivity index (χ0v) is 16.1. The highest BCUT2D eigenvalue weighted by Crippen LogP contribution is 2.19. The molecule has 0 bridgehead atoms. The molecule has 7 heteroatoms. The summed E-state index contributed by atoms with van der Waals surface area (Å²) in [7, 11) is 0. The number of carbonyl (C=O) groups excluding carboxylic acids is 1. The van der Waals surface area contributed by atoms with Gasteiger partial charge in [0.2, 0.25) is 5.95 Å². The first-order valence-corrected chi connectivity index (χ1v) is 9.67. The molecule has 4 rings (SSSR count). The van der Waals surface area contributed by atoms with E-state index in [1.807, 2.05) is 51.9 Å². The van der Waals surface area contributed by atoms with Crippen LogP contribution in [-0.2, 0) is 6.42 Å². The summed E-state index contributed by atoms with van der Waals surface area (Å²) in [6.45, 7) is 5.05. The van der Waals surface area contributed by atoms with E-state index < -0.39 is 0 Å². The maximum atomic E-state index is 12.9. The summed E-state index contributed by atoms with van der Waals surface area (Å²) in [6, 6.07) is 11.6. The number of rotatable bonds is 3. The van der Waals surface area contributed by atoms with Crippen molar-refractivity contribution in [2.75, 3.05) is 31.1 Å². The highest BCUT2D eigenvalue weighted by molar-refractivity contribution is 6.30. The minimum Gasteiger partial charge on any atom is -0.339 e. The van der Waals surface area contributed by atoms with E-state index in [4.69, 9.17) is 11.6 Å². The highest BCUT2D eigenvalue weighted by Gasteiger charge is 2.22. The summed E-state index contributed by atoms with van der Waals surface area (Å²) in [6.07, 6.45) is 3.69. The van der Waals surface area contributed by atoms with Crippen LogP contribution in [0.1, 0.15) is 29.3 Å². The van der Waals surface area contributed by atoms with Crippen LogP contribution in [0.25, 0.3) is 5.65 Å². The van der Waals surface area contributed by atoms with Crippen molar-refractivity contribution in [3.8, 4) is 0 Å². The molecule has 0 unspecified atom stereocenters. The molecule has 0 aliphatic carbocycles. The number of benzene rings is 1. The van der Waals surface area contributed by atoms with Gasteiger partial charge in [0.15, 0.2) is 5.65 Å². The van der Waals surface area contributed by atoms with Crippen LogP contribution in [0.15, 0.2) is 42.6 Å². The van der Waals surface area contributed by atoms with E-state index in [0.717, 1.165) is 43.1 Å². The van der Waals surface area contributed by atoms with Crippen molar-refractivity contribution in [3.05, 3.63) is 58.7 Å². The SMILES string of the molecule is CCc1ccc(C(=O)N2CCCN(c3nnc4ccc(Cl)cn34)CC2)cc1. The number of fused-ring (bicyclic) bond motifs is 1. The topological polar surface area (TPSA) is 53.7 Å². The molecule has 0 saturated carbocycles. The summed E-state index contributed by atoms with van der Waals surface area (Å²) in [5.41, 5.74) is 2.76. The van der Waals surface area contributed by atoms with E-state index in [2.05, 4.69) is 22.0 Å². The first-order chi connectivity index (χ1) is 13.2. The Balaban J connectivity index is 1.49. The van der Waals surface area contributed by atoms with E-state index in [-0.39, 0.29) is 5.91 Å². The largest absolute Gasteiger partial charge is 0.339 e. The van der Waals surface area contributed by atoms with Crippen LogP contribution in [0.4, 0.5) is 5.95 Å². The number of carbonyl (C=O) groups is 1. The molecule has 0 N–H and O–H groups in total. The number of anilines is 1. The molecule has 6 nitrogen and oxygen atoms in total. The molecule has 0 radical (unpaired) electrons.